The predicted octanol–water partition coefficient (Wildman–Crippen LogP) is 3.13. The van der Waals surface area contributed by atoms with E-state index in [0.717, 1.165) is 5.56 Å². The first-order valence-corrected chi connectivity index (χ1v) is 8.15. The second-order valence-corrected chi connectivity index (χ2v) is 6.90. The third-order valence-electron chi connectivity index (χ3n) is 4.88. The molecule has 0 spiro atoms. The van der Waals surface area contributed by atoms with Gasteiger partial charge in [0.15, 0.2) is 0 Å². The van der Waals surface area contributed by atoms with Crippen molar-refractivity contribution in [3.63, 3.8) is 0 Å². The maximum absolute atomic E-state index is 11.9. The quantitative estimate of drug-likeness (QED) is 0.773. The van der Waals surface area contributed by atoms with Crippen LogP contribution in [0.15, 0.2) is 42.1 Å². The van der Waals surface area contributed by atoms with Crippen molar-refractivity contribution in [2.24, 2.45) is 17.3 Å². The molecule has 1 amide bonds. The van der Waals surface area contributed by atoms with Gasteiger partial charge in [-0.3, -0.25) is 10.1 Å². The number of carbonyl (C=O) groups excluding carboxylic acids is 2. The Labute approximate surface area is 146 Å². The van der Waals surface area contributed by atoms with E-state index in [4.69, 9.17) is 4.74 Å². The van der Waals surface area contributed by atoms with Gasteiger partial charge in [-0.15, -0.1) is 0 Å². The lowest BCUT2D eigenvalue weighted by Crippen LogP contribution is -2.48. The smallest absolute Gasteiger partial charge is 0.412 e. The highest BCUT2D eigenvalue weighted by atomic mass is 16.5. The van der Waals surface area contributed by atoms with Crippen molar-refractivity contribution in [3.05, 3.63) is 47.7 Å². The Bertz CT molecular complexity index is 693. The lowest BCUT2D eigenvalue weighted by atomic mass is 9.53. The Morgan fingerprint density at radius 1 is 1.28 bits per heavy atom. The molecule has 6 nitrogen and oxygen atoms in total. The highest BCUT2D eigenvalue weighted by Gasteiger charge is 2.49. The van der Waals surface area contributed by atoms with Gasteiger partial charge in [0.2, 0.25) is 0 Å². The number of alkyl carbamates (subject to hydrolysis) is 1. The van der Waals surface area contributed by atoms with Gasteiger partial charge < -0.3 is 9.84 Å². The molecular weight excluding hydrogens is 322 g/mol. The minimum Gasteiger partial charge on any atom is -0.477 e. The zero-order valence-electron chi connectivity index (χ0n) is 14.6. The van der Waals surface area contributed by atoms with E-state index >= 15 is 0 Å². The van der Waals surface area contributed by atoms with Crippen LogP contribution in [0, 0.1) is 17.3 Å². The minimum absolute atomic E-state index is 0.0565. The lowest BCUT2D eigenvalue weighted by Gasteiger charge is -2.50. The van der Waals surface area contributed by atoms with E-state index in [9.17, 15) is 19.5 Å². The molecule has 0 saturated heterocycles. The Morgan fingerprint density at radius 2 is 1.92 bits per heavy atom. The molecule has 6 heteroatoms. The van der Waals surface area contributed by atoms with Gasteiger partial charge in [-0.2, -0.15) is 0 Å². The van der Waals surface area contributed by atoms with Crippen molar-refractivity contribution in [2.45, 2.75) is 33.8 Å². The summed E-state index contributed by atoms with van der Waals surface area (Å²) in [6, 6.07) is 9.11. The second-order valence-electron chi connectivity index (χ2n) is 6.90. The van der Waals surface area contributed by atoms with Crippen molar-refractivity contribution in [1.82, 2.24) is 5.32 Å². The highest BCUT2D eigenvalue weighted by Crippen LogP contribution is 2.52. The molecule has 0 aliphatic heterocycles. The monoisotopic (exact) mass is 345 g/mol. The Balaban J connectivity index is 1.98. The molecule has 25 heavy (non-hydrogen) atoms. The topological polar surface area (TPSA) is 92.7 Å². The number of nitrogens with one attached hydrogen (secondary N) is 1. The number of ether oxygens (including phenoxy) is 1. The van der Waals surface area contributed by atoms with Crippen LogP contribution in [0.2, 0.25) is 0 Å². The van der Waals surface area contributed by atoms with Crippen LogP contribution in [-0.2, 0) is 20.9 Å². The summed E-state index contributed by atoms with van der Waals surface area (Å²) in [5.41, 5.74) is 0.253. The van der Waals surface area contributed by atoms with Gasteiger partial charge >= 0.3 is 12.1 Å². The van der Waals surface area contributed by atoms with E-state index in [2.05, 4.69) is 5.32 Å². The van der Waals surface area contributed by atoms with Gasteiger partial charge in [-0.25, -0.2) is 9.59 Å². The summed E-state index contributed by atoms with van der Waals surface area (Å²) >= 11 is 0. The Kier molecular flexibility index (Phi) is 5.62. The standard InChI is InChI=1S/C19H23NO5/c1-12(21)15-9-14(19(15,2)3)10-16(17(22)23)20-18(24)25-11-13-7-5-4-6-8-13/h4-8,10,14-15H,9,11H2,1-3H3,(H,20,24)(H,22,23)/b16-10-/t14-,15+/m1/s1. The SMILES string of the molecule is CC(=O)[C@@H]1C[C@H](/C=C(\NC(=O)OCc2ccccc2)C(=O)O)C1(C)C. The van der Waals surface area contributed by atoms with Crippen molar-refractivity contribution in [1.29, 1.82) is 0 Å². The normalized spacial score (nSPS) is 21.8. The van der Waals surface area contributed by atoms with Crippen molar-refractivity contribution < 1.29 is 24.2 Å². The molecule has 0 aromatic heterocycles. The lowest BCUT2D eigenvalue weighted by molar-refractivity contribution is -0.133. The minimum atomic E-state index is -1.24. The van der Waals surface area contributed by atoms with Crippen LogP contribution in [0.3, 0.4) is 0 Å². The summed E-state index contributed by atoms with van der Waals surface area (Å²) in [6.07, 6.45) is 1.27. The molecule has 0 bridgehead atoms. The number of amides is 1. The van der Waals surface area contributed by atoms with Crippen LogP contribution < -0.4 is 5.32 Å². The number of allylic oxidation sites excluding steroid dienone is 1. The van der Waals surface area contributed by atoms with Gasteiger partial charge in [-0.05, 0) is 36.3 Å². The highest BCUT2D eigenvalue weighted by molar-refractivity contribution is 5.91. The number of aliphatic carboxylic acids is 1. The van der Waals surface area contributed by atoms with Crippen LogP contribution >= 0.6 is 0 Å². The first-order chi connectivity index (χ1) is 11.7. The summed E-state index contributed by atoms with van der Waals surface area (Å²) in [7, 11) is 0. The van der Waals surface area contributed by atoms with Gasteiger partial charge in [0, 0.05) is 5.92 Å². The third-order valence-corrected chi connectivity index (χ3v) is 4.88. The number of benzene rings is 1. The first-order valence-electron chi connectivity index (χ1n) is 8.15. The molecule has 1 aromatic carbocycles. The molecule has 0 unspecified atom stereocenters. The molecule has 134 valence electrons. The zero-order chi connectivity index (χ0) is 18.6. The van der Waals surface area contributed by atoms with E-state index in [1.165, 1.54) is 6.08 Å². The molecule has 0 heterocycles. The molecule has 1 fully saturated rings. The number of rotatable bonds is 6. The number of carboxylic acids is 1. The summed E-state index contributed by atoms with van der Waals surface area (Å²) in [5.74, 6) is -1.32. The fourth-order valence-corrected chi connectivity index (χ4v) is 3.17. The number of hydrogen-bond donors (Lipinski definition) is 2. The van der Waals surface area contributed by atoms with E-state index in [1.54, 1.807) is 19.1 Å². The summed E-state index contributed by atoms with van der Waals surface area (Å²) < 4.78 is 5.04. The Hall–Kier alpha value is -2.63. The average Bonchev–Trinajstić information content (AvgIpc) is 2.55. The number of carboxylic acid groups (broad SMARTS) is 1. The number of ketones is 1. The molecule has 2 N–H and O–H groups in total. The molecule has 1 saturated carbocycles. The van der Waals surface area contributed by atoms with Gasteiger partial charge in [0.25, 0.3) is 0 Å². The predicted molar refractivity (Wildman–Crippen MR) is 91.5 cm³/mol. The number of hydrogen-bond acceptors (Lipinski definition) is 4. The second kappa shape index (κ2) is 7.51. The van der Waals surface area contributed by atoms with Crippen molar-refractivity contribution in [2.75, 3.05) is 0 Å². The largest absolute Gasteiger partial charge is 0.477 e. The summed E-state index contributed by atoms with van der Waals surface area (Å²) in [5, 5.41) is 11.6. The van der Waals surface area contributed by atoms with Gasteiger partial charge in [0.05, 0.1) is 0 Å². The maximum Gasteiger partial charge on any atom is 0.412 e. The van der Waals surface area contributed by atoms with Crippen LogP contribution in [0.4, 0.5) is 4.79 Å². The third kappa shape index (κ3) is 4.47. The van der Waals surface area contributed by atoms with E-state index in [-0.39, 0.29) is 35.3 Å². The average molecular weight is 345 g/mol. The van der Waals surface area contributed by atoms with E-state index in [0.29, 0.717) is 6.42 Å². The molecule has 1 aromatic rings. The number of Topliss-reactive ketones (excluding diaryl/α,β-unsaturated/α-hetero) is 1. The van der Waals surface area contributed by atoms with Gasteiger partial charge in [-0.1, -0.05) is 44.2 Å². The number of carbonyl (C=O) groups is 3. The van der Waals surface area contributed by atoms with E-state index < -0.39 is 12.1 Å². The fourth-order valence-electron chi connectivity index (χ4n) is 3.17. The molecule has 0 radical (unpaired) electrons. The summed E-state index contributed by atoms with van der Waals surface area (Å²) in [4.78, 5) is 34.8. The summed E-state index contributed by atoms with van der Waals surface area (Å²) in [6.45, 7) is 5.46. The fraction of sp³-hybridized carbons (Fsp3) is 0.421. The zero-order valence-corrected chi connectivity index (χ0v) is 14.6. The molecule has 2 atom stereocenters. The molecule has 1 aliphatic rings. The molecule has 2 rings (SSSR count). The molecule has 1 aliphatic carbocycles. The first kappa shape index (κ1) is 18.7. The molecular formula is C19H23NO5. The maximum atomic E-state index is 11.9. The van der Waals surface area contributed by atoms with Gasteiger partial charge in [0.1, 0.15) is 18.1 Å². The van der Waals surface area contributed by atoms with Crippen LogP contribution in [0.1, 0.15) is 32.8 Å². The van der Waals surface area contributed by atoms with Crippen LogP contribution in [0.5, 0.6) is 0 Å². The van der Waals surface area contributed by atoms with Crippen LogP contribution in [0.25, 0.3) is 0 Å². The Morgan fingerprint density at radius 3 is 2.44 bits per heavy atom. The van der Waals surface area contributed by atoms with Crippen molar-refractivity contribution >= 4 is 17.8 Å². The van der Waals surface area contributed by atoms with E-state index in [1.807, 2.05) is 32.0 Å². The van der Waals surface area contributed by atoms with Crippen LogP contribution in [-0.4, -0.2) is 23.0 Å². The van der Waals surface area contributed by atoms with Crippen molar-refractivity contribution in [3.8, 4) is 0 Å².